The van der Waals surface area contributed by atoms with E-state index in [2.05, 4.69) is 5.32 Å². The first-order valence-corrected chi connectivity index (χ1v) is 8.61. The molecule has 7 heteroatoms. The van der Waals surface area contributed by atoms with Crippen LogP contribution < -0.4 is 14.8 Å². The first kappa shape index (κ1) is 19.3. The number of rotatable bonds is 6. The Balaban J connectivity index is 1.84. The highest BCUT2D eigenvalue weighted by Gasteiger charge is 2.16. The molecule has 0 fully saturated rings. The molecule has 0 saturated heterocycles. The number of carboxylic acid groups (broad SMARTS) is 1. The van der Waals surface area contributed by atoms with Crippen LogP contribution >= 0.6 is 11.6 Å². The van der Waals surface area contributed by atoms with Gasteiger partial charge in [-0.25, -0.2) is 4.79 Å². The largest absolute Gasteiger partial charge is 0.495 e. The number of para-hydroxylation sites is 1. The summed E-state index contributed by atoms with van der Waals surface area (Å²) in [5.41, 5.74) is 0.318. The van der Waals surface area contributed by atoms with Crippen LogP contribution in [-0.4, -0.2) is 24.1 Å². The summed E-state index contributed by atoms with van der Waals surface area (Å²) in [6, 6.07) is 17.9. The third-order valence-corrected chi connectivity index (χ3v) is 4.16. The summed E-state index contributed by atoms with van der Waals surface area (Å²) >= 11 is 6.04. The van der Waals surface area contributed by atoms with Crippen molar-refractivity contribution in [2.45, 2.75) is 0 Å². The Hall–Kier alpha value is -3.51. The second-order valence-corrected chi connectivity index (χ2v) is 6.14. The topological polar surface area (TPSA) is 84.9 Å². The van der Waals surface area contributed by atoms with E-state index in [0.717, 1.165) is 0 Å². The van der Waals surface area contributed by atoms with Crippen molar-refractivity contribution in [1.29, 1.82) is 0 Å². The lowest BCUT2D eigenvalue weighted by molar-refractivity contribution is 0.0697. The van der Waals surface area contributed by atoms with Gasteiger partial charge < -0.3 is 19.9 Å². The van der Waals surface area contributed by atoms with Crippen molar-refractivity contribution >= 4 is 29.2 Å². The van der Waals surface area contributed by atoms with Crippen LogP contribution in [0, 0.1) is 0 Å². The predicted octanol–water partition coefficient (Wildman–Crippen LogP) is 5.09. The smallest absolute Gasteiger partial charge is 0.337 e. The lowest BCUT2D eigenvalue weighted by Gasteiger charge is -2.12. The average Bonchev–Trinajstić information content (AvgIpc) is 2.69. The molecule has 0 radical (unpaired) electrons. The maximum atomic E-state index is 12.5. The third-order valence-electron chi connectivity index (χ3n) is 3.86. The van der Waals surface area contributed by atoms with Gasteiger partial charge in [0.05, 0.1) is 23.4 Å². The zero-order chi connectivity index (χ0) is 20.1. The Morgan fingerprint density at radius 2 is 1.71 bits per heavy atom. The number of nitrogens with one attached hydrogen (secondary N) is 1. The van der Waals surface area contributed by atoms with Crippen molar-refractivity contribution in [1.82, 2.24) is 0 Å². The van der Waals surface area contributed by atoms with Gasteiger partial charge >= 0.3 is 5.97 Å². The summed E-state index contributed by atoms with van der Waals surface area (Å²) in [7, 11) is 1.47. The van der Waals surface area contributed by atoms with Gasteiger partial charge in [-0.05, 0) is 48.5 Å². The van der Waals surface area contributed by atoms with E-state index >= 15 is 0 Å². The van der Waals surface area contributed by atoms with E-state index in [1.165, 1.54) is 31.4 Å². The van der Waals surface area contributed by atoms with E-state index in [9.17, 15) is 14.7 Å². The van der Waals surface area contributed by atoms with E-state index < -0.39 is 11.9 Å². The lowest BCUT2D eigenvalue weighted by Crippen LogP contribution is -2.15. The molecule has 3 aromatic carbocycles. The van der Waals surface area contributed by atoms with Gasteiger partial charge in [0.25, 0.3) is 5.91 Å². The van der Waals surface area contributed by atoms with Crippen LogP contribution in [0.4, 0.5) is 5.69 Å². The lowest BCUT2D eigenvalue weighted by atomic mass is 10.1. The van der Waals surface area contributed by atoms with Crippen LogP contribution in [0.3, 0.4) is 0 Å². The summed E-state index contributed by atoms with van der Waals surface area (Å²) in [5.74, 6) is -0.338. The average molecular weight is 398 g/mol. The number of methoxy groups -OCH3 is 1. The van der Waals surface area contributed by atoms with Gasteiger partial charge in [-0.2, -0.15) is 0 Å². The highest BCUT2D eigenvalue weighted by Crippen LogP contribution is 2.28. The molecular weight excluding hydrogens is 382 g/mol. The molecule has 6 nitrogen and oxygen atoms in total. The zero-order valence-electron chi connectivity index (χ0n) is 14.8. The Morgan fingerprint density at radius 1 is 0.964 bits per heavy atom. The third kappa shape index (κ3) is 4.42. The molecule has 0 heterocycles. The maximum Gasteiger partial charge on any atom is 0.337 e. The van der Waals surface area contributed by atoms with Crippen LogP contribution in [-0.2, 0) is 0 Å². The highest BCUT2D eigenvalue weighted by atomic mass is 35.5. The second kappa shape index (κ2) is 8.45. The molecule has 28 heavy (non-hydrogen) atoms. The van der Waals surface area contributed by atoms with Crippen LogP contribution in [0.25, 0.3) is 0 Å². The van der Waals surface area contributed by atoms with E-state index in [-0.39, 0.29) is 21.8 Å². The minimum Gasteiger partial charge on any atom is -0.495 e. The van der Waals surface area contributed by atoms with Crippen LogP contribution in [0.15, 0.2) is 66.7 Å². The molecule has 0 saturated carbocycles. The molecule has 1 amide bonds. The molecule has 3 aromatic rings. The first-order valence-electron chi connectivity index (χ1n) is 8.23. The fourth-order valence-electron chi connectivity index (χ4n) is 2.50. The number of carbonyl (C=O) groups is 2. The Kier molecular flexibility index (Phi) is 5.81. The van der Waals surface area contributed by atoms with E-state index in [1.54, 1.807) is 24.3 Å². The van der Waals surface area contributed by atoms with Crippen LogP contribution in [0.5, 0.6) is 17.2 Å². The van der Waals surface area contributed by atoms with Gasteiger partial charge in [0.2, 0.25) is 0 Å². The van der Waals surface area contributed by atoms with Gasteiger partial charge in [0.15, 0.2) is 0 Å². The summed E-state index contributed by atoms with van der Waals surface area (Å²) in [5, 5.41) is 12.4. The van der Waals surface area contributed by atoms with Gasteiger partial charge in [0, 0.05) is 5.56 Å². The van der Waals surface area contributed by atoms with Crippen LogP contribution in [0.2, 0.25) is 5.02 Å². The Bertz CT molecular complexity index is 1020. The number of hydrogen-bond acceptors (Lipinski definition) is 4. The number of hydrogen-bond donors (Lipinski definition) is 2. The quantitative estimate of drug-likeness (QED) is 0.605. The summed E-state index contributed by atoms with van der Waals surface area (Å²) in [4.78, 5) is 24.1. The van der Waals surface area contributed by atoms with Crippen molar-refractivity contribution in [3.63, 3.8) is 0 Å². The van der Waals surface area contributed by atoms with Crippen molar-refractivity contribution in [3.8, 4) is 17.2 Å². The molecular formula is C21H16ClNO5. The van der Waals surface area contributed by atoms with Crippen molar-refractivity contribution in [2.75, 3.05) is 12.4 Å². The number of ether oxygens (including phenoxy) is 2. The van der Waals surface area contributed by atoms with Gasteiger partial charge in [-0.1, -0.05) is 29.8 Å². The molecule has 142 valence electrons. The Labute approximate surface area is 166 Å². The zero-order valence-corrected chi connectivity index (χ0v) is 15.6. The standard InChI is InChI=1S/C21H16ClNO5/c1-27-19-10-7-13(11-17(19)22)20(24)23-18-9-8-15(12-16(18)21(25)26)28-14-5-3-2-4-6-14/h2-12H,1H3,(H,23,24)(H,25,26). The molecule has 0 aliphatic rings. The molecule has 0 bridgehead atoms. The number of anilines is 1. The number of aromatic carboxylic acids is 1. The predicted molar refractivity (Wildman–Crippen MR) is 106 cm³/mol. The van der Waals surface area contributed by atoms with E-state index in [1.807, 2.05) is 18.2 Å². The van der Waals surface area contributed by atoms with Crippen LogP contribution in [0.1, 0.15) is 20.7 Å². The molecule has 0 aliphatic carbocycles. The molecule has 0 unspecified atom stereocenters. The fourth-order valence-corrected chi connectivity index (χ4v) is 2.76. The number of carbonyl (C=O) groups excluding carboxylic acids is 1. The first-order chi connectivity index (χ1) is 13.5. The van der Waals surface area contributed by atoms with Crippen molar-refractivity contribution in [3.05, 3.63) is 82.9 Å². The summed E-state index contributed by atoms with van der Waals surface area (Å²) in [6.45, 7) is 0. The molecule has 3 rings (SSSR count). The van der Waals surface area contributed by atoms with Gasteiger partial charge in [0.1, 0.15) is 17.2 Å². The minimum absolute atomic E-state index is 0.0959. The second-order valence-electron chi connectivity index (χ2n) is 5.73. The van der Waals surface area contributed by atoms with Gasteiger partial charge in [-0.15, -0.1) is 0 Å². The van der Waals surface area contributed by atoms with E-state index in [4.69, 9.17) is 21.1 Å². The normalized spacial score (nSPS) is 10.2. The Morgan fingerprint density at radius 3 is 2.36 bits per heavy atom. The number of carboxylic acids is 1. The number of benzene rings is 3. The minimum atomic E-state index is -1.19. The summed E-state index contributed by atoms with van der Waals surface area (Å²) < 4.78 is 10.7. The SMILES string of the molecule is COc1ccc(C(=O)Nc2ccc(Oc3ccccc3)cc2C(=O)O)cc1Cl. The fraction of sp³-hybridized carbons (Fsp3) is 0.0476. The molecule has 0 atom stereocenters. The number of halogens is 1. The molecule has 0 aliphatic heterocycles. The van der Waals surface area contributed by atoms with Crippen molar-refractivity contribution in [2.24, 2.45) is 0 Å². The molecule has 0 aromatic heterocycles. The van der Waals surface area contributed by atoms with E-state index in [0.29, 0.717) is 17.2 Å². The maximum absolute atomic E-state index is 12.5. The van der Waals surface area contributed by atoms with Gasteiger partial charge in [-0.3, -0.25) is 4.79 Å². The highest BCUT2D eigenvalue weighted by molar-refractivity contribution is 6.32. The molecule has 2 N–H and O–H groups in total. The molecule has 0 spiro atoms. The summed E-state index contributed by atoms with van der Waals surface area (Å²) in [6.07, 6.45) is 0. The monoisotopic (exact) mass is 397 g/mol. The van der Waals surface area contributed by atoms with Crippen molar-refractivity contribution < 1.29 is 24.2 Å². The number of amides is 1.